The molecule has 0 saturated heterocycles. The smallest absolute Gasteiger partial charge is 0.249 e. The lowest BCUT2D eigenvalue weighted by molar-refractivity contribution is -0.137. The quantitative estimate of drug-likeness (QED) is 0.282. The maximum Gasteiger partial charge on any atom is 0.249 e. The van der Waals surface area contributed by atoms with Crippen LogP contribution >= 0.6 is 0 Å². The van der Waals surface area contributed by atoms with Gasteiger partial charge < -0.3 is 9.84 Å². The second kappa shape index (κ2) is 10.2. The number of carbonyl (C=O) groups is 1. The van der Waals surface area contributed by atoms with Gasteiger partial charge in [0, 0.05) is 29.0 Å². The average Bonchev–Trinajstić information content (AvgIpc) is 2.86. The summed E-state index contributed by atoms with van der Waals surface area (Å²) in [5.41, 5.74) is 5.88. The third kappa shape index (κ3) is 5.34. The van der Waals surface area contributed by atoms with Crippen LogP contribution in [-0.2, 0) is 17.8 Å². The molecule has 1 amide bonds. The molecule has 2 aromatic carbocycles. The largest absolute Gasteiger partial charge is 0.489 e. The fourth-order valence-electron chi connectivity index (χ4n) is 3.87. The monoisotopic (exact) mass is 443 g/mol. The molecule has 3 N–H and O–H groups in total. The van der Waals surface area contributed by atoms with Gasteiger partial charge in [-0.2, -0.15) is 0 Å². The van der Waals surface area contributed by atoms with Gasteiger partial charge in [-0.25, -0.2) is 5.48 Å². The average molecular weight is 444 g/mol. The predicted molar refractivity (Wildman–Crippen MR) is 124 cm³/mol. The van der Waals surface area contributed by atoms with E-state index in [0.29, 0.717) is 17.9 Å². The van der Waals surface area contributed by atoms with Crippen LogP contribution in [0.3, 0.4) is 0 Å². The first-order chi connectivity index (χ1) is 16.0. The molecule has 33 heavy (non-hydrogen) atoms. The van der Waals surface area contributed by atoms with Crippen molar-refractivity contribution >= 4 is 16.8 Å². The molecule has 0 saturated carbocycles. The highest BCUT2D eigenvalue weighted by molar-refractivity contribution is 5.82. The molecule has 7 heteroatoms. The summed E-state index contributed by atoms with van der Waals surface area (Å²) in [5.74, 6) is -0.899. The molecule has 0 bridgehead atoms. The van der Waals surface area contributed by atoms with Gasteiger partial charge in [-0.15, -0.1) is 0 Å². The third-order valence-corrected chi connectivity index (χ3v) is 5.55. The molecule has 0 aliphatic carbocycles. The molecule has 0 spiro atoms. The molecule has 0 aliphatic heterocycles. The van der Waals surface area contributed by atoms with Crippen molar-refractivity contribution in [1.29, 1.82) is 0 Å². The Labute approximate surface area is 191 Å². The molecule has 2 heterocycles. The van der Waals surface area contributed by atoms with E-state index in [9.17, 15) is 9.90 Å². The number of aromatic nitrogens is 2. The van der Waals surface area contributed by atoms with Crippen molar-refractivity contribution in [1.82, 2.24) is 15.4 Å². The second-order valence-corrected chi connectivity index (χ2v) is 7.89. The number of carbonyl (C=O) groups excluding carboxylic acids is 1. The molecule has 0 aliphatic rings. The number of amides is 1. The lowest BCUT2D eigenvalue weighted by Crippen LogP contribution is -2.33. The summed E-state index contributed by atoms with van der Waals surface area (Å²) in [7, 11) is 0. The Morgan fingerprint density at radius 1 is 1.09 bits per heavy atom. The molecule has 2 atom stereocenters. The number of ether oxygens (including phenoxy) is 1. The van der Waals surface area contributed by atoms with Crippen molar-refractivity contribution in [3.8, 4) is 5.75 Å². The number of hydrogen-bond donors (Lipinski definition) is 3. The zero-order valence-electron chi connectivity index (χ0n) is 18.2. The van der Waals surface area contributed by atoms with Gasteiger partial charge in [0.2, 0.25) is 5.91 Å². The first kappa shape index (κ1) is 22.4. The summed E-state index contributed by atoms with van der Waals surface area (Å²) in [6.07, 6.45) is 2.38. The van der Waals surface area contributed by atoms with Gasteiger partial charge in [-0.05, 0) is 54.8 Å². The van der Waals surface area contributed by atoms with E-state index >= 15 is 0 Å². The van der Waals surface area contributed by atoms with Crippen LogP contribution in [0.25, 0.3) is 10.9 Å². The second-order valence-electron chi connectivity index (χ2n) is 7.89. The van der Waals surface area contributed by atoms with Crippen molar-refractivity contribution in [2.24, 2.45) is 5.92 Å². The molecule has 0 radical (unpaired) electrons. The molecule has 4 rings (SSSR count). The molecule has 4 aromatic rings. The molecule has 0 fully saturated rings. The number of aliphatic hydroxyl groups is 1. The number of aliphatic hydroxyl groups excluding tert-OH is 1. The van der Waals surface area contributed by atoms with Crippen LogP contribution in [-0.4, -0.2) is 26.2 Å². The van der Waals surface area contributed by atoms with Gasteiger partial charge in [0.25, 0.3) is 0 Å². The number of benzene rings is 2. The first-order valence-electron chi connectivity index (χ1n) is 10.6. The number of nitrogens with one attached hydrogen (secondary N) is 1. The Bertz CT molecular complexity index is 1230. The summed E-state index contributed by atoms with van der Waals surface area (Å²) in [6.45, 7) is 2.33. The van der Waals surface area contributed by atoms with Crippen LogP contribution in [0.1, 0.15) is 28.5 Å². The lowest BCUT2D eigenvalue weighted by Gasteiger charge is -2.21. The van der Waals surface area contributed by atoms with Gasteiger partial charge in [-0.1, -0.05) is 36.4 Å². The third-order valence-electron chi connectivity index (χ3n) is 5.55. The van der Waals surface area contributed by atoms with Crippen LogP contribution in [0.2, 0.25) is 0 Å². The Morgan fingerprint density at radius 2 is 1.88 bits per heavy atom. The van der Waals surface area contributed by atoms with Crippen molar-refractivity contribution < 1.29 is 19.8 Å². The van der Waals surface area contributed by atoms with Gasteiger partial charge in [0.15, 0.2) is 0 Å². The molecular formula is C26H25N3O4. The van der Waals surface area contributed by atoms with E-state index in [1.807, 2.05) is 43.3 Å². The number of fused-ring (bicyclic) bond motifs is 1. The number of aryl methyl sites for hydroxylation is 1. The van der Waals surface area contributed by atoms with Crippen LogP contribution < -0.4 is 10.2 Å². The van der Waals surface area contributed by atoms with Crippen LogP contribution in [0.15, 0.2) is 79.1 Å². The van der Waals surface area contributed by atoms with Gasteiger partial charge in [0.05, 0.1) is 17.5 Å². The zero-order valence-corrected chi connectivity index (χ0v) is 18.2. The molecular weight excluding hydrogens is 418 g/mol. The van der Waals surface area contributed by atoms with Gasteiger partial charge in [-0.3, -0.25) is 20.0 Å². The maximum atomic E-state index is 12.2. The predicted octanol–water partition coefficient (Wildman–Crippen LogP) is 3.91. The number of hydroxylamine groups is 1. The highest BCUT2D eigenvalue weighted by Gasteiger charge is 2.28. The lowest BCUT2D eigenvalue weighted by atomic mass is 9.89. The number of pyridine rings is 2. The number of para-hydroxylation sites is 1. The minimum absolute atomic E-state index is 0.230. The highest BCUT2D eigenvalue weighted by Crippen LogP contribution is 2.28. The topological polar surface area (TPSA) is 105 Å². The summed E-state index contributed by atoms with van der Waals surface area (Å²) in [6, 6.07) is 20.5. The number of nitrogens with zero attached hydrogens (tertiary/aromatic N) is 2. The fraction of sp³-hybridized carbons (Fsp3) is 0.192. The van der Waals surface area contributed by atoms with Crippen molar-refractivity contribution in [3.63, 3.8) is 0 Å². The Kier molecular flexibility index (Phi) is 6.92. The highest BCUT2D eigenvalue weighted by atomic mass is 16.5. The van der Waals surface area contributed by atoms with E-state index in [0.717, 1.165) is 27.7 Å². The Hall–Kier alpha value is -3.81. The van der Waals surface area contributed by atoms with E-state index in [2.05, 4.69) is 9.97 Å². The van der Waals surface area contributed by atoms with Gasteiger partial charge in [0.1, 0.15) is 12.4 Å². The SMILES string of the molecule is Cc1cc(COc2ccc(C(O)C(Cc3cccnc3)C(=O)NO)cc2)c2ccccc2n1. The summed E-state index contributed by atoms with van der Waals surface area (Å²) in [5, 5.41) is 21.0. The number of rotatable bonds is 8. The zero-order chi connectivity index (χ0) is 23.2. The molecule has 2 unspecified atom stereocenters. The van der Waals surface area contributed by atoms with Gasteiger partial charge >= 0.3 is 0 Å². The summed E-state index contributed by atoms with van der Waals surface area (Å²) in [4.78, 5) is 20.8. The number of hydrogen-bond acceptors (Lipinski definition) is 6. The minimum Gasteiger partial charge on any atom is -0.489 e. The van der Waals surface area contributed by atoms with Crippen molar-refractivity contribution in [2.75, 3.05) is 0 Å². The summed E-state index contributed by atoms with van der Waals surface area (Å²) < 4.78 is 5.98. The van der Waals surface area contributed by atoms with E-state index < -0.39 is 17.9 Å². The van der Waals surface area contributed by atoms with Crippen LogP contribution in [0, 0.1) is 12.8 Å². The van der Waals surface area contributed by atoms with Crippen LogP contribution in [0.5, 0.6) is 5.75 Å². The van der Waals surface area contributed by atoms with E-state index in [-0.39, 0.29) is 6.42 Å². The maximum absolute atomic E-state index is 12.2. The van der Waals surface area contributed by atoms with E-state index in [4.69, 9.17) is 9.94 Å². The molecule has 168 valence electrons. The normalized spacial score (nSPS) is 12.8. The fourth-order valence-corrected chi connectivity index (χ4v) is 3.87. The minimum atomic E-state index is -1.11. The Balaban J connectivity index is 1.47. The van der Waals surface area contributed by atoms with E-state index in [1.54, 1.807) is 48.2 Å². The van der Waals surface area contributed by atoms with Crippen molar-refractivity contribution in [2.45, 2.75) is 26.1 Å². The standard InChI is InChI=1S/C26H25N3O4/c1-17-13-20(22-6-2-3-7-24(22)28-17)16-33-21-10-8-19(9-11-21)25(30)23(26(31)29-32)14-18-5-4-12-27-15-18/h2-13,15,23,25,30,32H,14,16H2,1H3,(H,29,31). The molecule has 2 aromatic heterocycles. The first-order valence-corrected chi connectivity index (χ1v) is 10.6. The molecule has 7 nitrogen and oxygen atoms in total. The van der Waals surface area contributed by atoms with E-state index in [1.165, 1.54) is 0 Å². The summed E-state index contributed by atoms with van der Waals surface area (Å²) >= 11 is 0. The van der Waals surface area contributed by atoms with Crippen molar-refractivity contribution in [3.05, 3.63) is 102 Å². The Morgan fingerprint density at radius 3 is 2.61 bits per heavy atom. The van der Waals surface area contributed by atoms with Crippen LogP contribution in [0.4, 0.5) is 0 Å².